The molecule has 6 unspecified atom stereocenters. The molecule has 18 nitrogen and oxygen atoms in total. The molecule has 0 saturated heterocycles. The highest BCUT2D eigenvalue weighted by atomic mass is 16.5. The maximum absolute atomic E-state index is 6.67. The largest absolute Gasteiger partial charge is 0.384 e. The zero-order valence-electron chi connectivity index (χ0n) is 97.4. The van der Waals surface area contributed by atoms with Crippen molar-refractivity contribution in [2.75, 3.05) is 204 Å². The minimum Gasteiger partial charge on any atom is -0.384 e. The molecule has 144 heavy (non-hydrogen) atoms. The highest BCUT2D eigenvalue weighted by molar-refractivity contribution is 4.98. The van der Waals surface area contributed by atoms with Crippen LogP contribution in [0.4, 0.5) is 0 Å². The van der Waals surface area contributed by atoms with Crippen molar-refractivity contribution in [1.82, 2.24) is 0 Å². The minimum absolute atomic E-state index is 0.0223. The molecule has 0 aliphatic heterocycles. The Morgan fingerprint density at radius 1 is 0.174 bits per heavy atom. The monoisotopic (exact) mass is 2040 g/mol. The third kappa shape index (κ3) is 45.8. The molecule has 6 atom stereocenters. The van der Waals surface area contributed by atoms with E-state index in [1.165, 1.54) is 449 Å². The van der Waals surface area contributed by atoms with E-state index in [9.17, 15) is 0 Å². The second kappa shape index (κ2) is 76.8. The van der Waals surface area contributed by atoms with Crippen LogP contribution >= 0.6 is 0 Å². The highest BCUT2D eigenvalue weighted by Gasteiger charge is 2.49. The molecule has 2 bridgehead atoms. The first-order chi connectivity index (χ1) is 70.5. The zero-order chi connectivity index (χ0) is 103. The molecule has 18 heteroatoms. The fourth-order valence-corrected chi connectivity index (χ4v) is 30.2. The van der Waals surface area contributed by atoms with Gasteiger partial charge in [-0.15, -0.1) is 0 Å². The molecular formula is C126H238O18. The topological polar surface area (TPSA) is 166 Å². The van der Waals surface area contributed by atoms with Crippen LogP contribution in [0.2, 0.25) is 0 Å². The van der Waals surface area contributed by atoms with Crippen LogP contribution in [0.1, 0.15) is 470 Å². The van der Waals surface area contributed by atoms with Crippen molar-refractivity contribution < 1.29 is 85.3 Å². The lowest BCUT2D eigenvalue weighted by atomic mass is 9.69. The molecular weight excluding hydrogens is 1800 g/mol. The molecule has 13 rings (SSSR count). The van der Waals surface area contributed by atoms with Crippen LogP contribution in [0.25, 0.3) is 0 Å². The number of fused-ring (bicyclic) bond motifs is 2. The fraction of sp³-hybridized carbons (Fsp3) is 1.00. The Balaban J connectivity index is 0.000000211. The van der Waals surface area contributed by atoms with Gasteiger partial charge in [0.25, 0.3) is 0 Å². The van der Waals surface area contributed by atoms with E-state index in [1.54, 1.807) is 0 Å². The Labute approximate surface area is 888 Å². The van der Waals surface area contributed by atoms with Crippen molar-refractivity contribution in [1.29, 1.82) is 0 Å². The van der Waals surface area contributed by atoms with Gasteiger partial charge in [-0.2, -0.15) is 0 Å². The first-order valence-electron chi connectivity index (χ1n) is 62.1. The zero-order valence-corrected chi connectivity index (χ0v) is 97.4. The molecule has 0 heterocycles. The van der Waals surface area contributed by atoms with Crippen molar-refractivity contribution in [3.05, 3.63) is 0 Å². The molecule has 850 valence electrons. The van der Waals surface area contributed by atoms with E-state index in [0.29, 0.717) is 84.0 Å². The van der Waals surface area contributed by atoms with Crippen LogP contribution in [-0.4, -0.2) is 241 Å². The van der Waals surface area contributed by atoms with E-state index in [-0.39, 0.29) is 32.5 Å². The summed E-state index contributed by atoms with van der Waals surface area (Å²) in [6, 6.07) is 0. The summed E-state index contributed by atoms with van der Waals surface area (Å²) < 4.78 is 107. The summed E-state index contributed by atoms with van der Waals surface area (Å²) >= 11 is 0. The third-order valence-corrected chi connectivity index (χ3v) is 38.7. The highest BCUT2D eigenvalue weighted by Crippen LogP contribution is 2.51. The van der Waals surface area contributed by atoms with Crippen molar-refractivity contribution >= 4 is 0 Å². The predicted octanol–water partition coefficient (Wildman–Crippen LogP) is 31.2. The standard InChI is InChI=1S/C24H46O3.2C22H42O3.C20H38O3.C19H34O3.C19H36O3/c1-25-19-24(20-26-2,22-15-11-10-12-16-22)21-27-23-17-13-8-6-4-3-5-7-9-14-18-23;1-17(2)20-13-18(3)11-12-21(20)25-16-22(14-23-4,15-24-5)19-9-7-6-8-10-19;1-23-17-22(18-24-2,20-13-9-8-10-14-20)19-25-21-15-11-6-4-3-5-7-12-16-21;1-21-15-20(16-22-2,18-11-7-6-8-12-18)17-23-19-13-9-4-3-5-10-14-19;1-20-12-19(13-21-2,17-6-4-3-5-7-17)14-22-18-11-15-8-9-16(18)10-15;1-20-14-19(15-21-2,17-10-6-5-7-11-17)16-22-18-12-8-3-4-9-13-18/h22-23H,3-21H2,1-2H3;17-21H,6-16H2,1-5H3;20-21H,3-19H2,1-2H3;18-19H,3-17H2,1-2H3;15-18H,3-14H2,1-2H3;17-18H,3-16H2,1-2H3. The van der Waals surface area contributed by atoms with E-state index >= 15 is 0 Å². The second-order valence-corrected chi connectivity index (χ2v) is 50.5. The van der Waals surface area contributed by atoms with Crippen molar-refractivity contribution in [3.8, 4) is 0 Å². The molecule has 0 aromatic heterocycles. The number of methoxy groups -OCH3 is 12. The molecule has 0 aromatic carbocycles. The number of hydrogen-bond donors (Lipinski definition) is 0. The Hall–Kier alpha value is -0.720. The summed E-state index contributed by atoms with van der Waals surface area (Å²) in [7, 11) is 21.9. The van der Waals surface area contributed by atoms with E-state index < -0.39 is 0 Å². The lowest BCUT2D eigenvalue weighted by molar-refractivity contribution is -0.129. The van der Waals surface area contributed by atoms with Gasteiger partial charge in [0.15, 0.2) is 0 Å². The van der Waals surface area contributed by atoms with Crippen LogP contribution in [0, 0.1) is 97.6 Å². The molecule has 13 saturated carbocycles. The predicted molar refractivity (Wildman–Crippen MR) is 594 cm³/mol. The molecule has 13 aliphatic rings. The number of rotatable bonds is 49. The van der Waals surface area contributed by atoms with Gasteiger partial charge in [0.05, 0.1) is 156 Å². The SMILES string of the molecule is COCC(COC)(COC1CC2CCC1C2)C1CCCCC1.COCC(COC)(COC1CCC(C)CC1C(C)C)C1CCCCC1.COCC(COC)(COC1CCCCCC1)C1CCCCC1.COCC(COC)(COC1CCCCCCC1)C1CCCCC1.COCC(COC)(COC1CCCCCCCCC1)C1CCCCC1.COCC(COC)(COC1CCCCCCCCCCC1)C1CCCCC1. The Bertz CT molecular complexity index is 2880. The maximum atomic E-state index is 6.67. The van der Waals surface area contributed by atoms with Gasteiger partial charge in [-0.25, -0.2) is 0 Å². The average molecular weight is 2040 g/mol. The van der Waals surface area contributed by atoms with Gasteiger partial charge < -0.3 is 85.3 Å². The molecule has 0 radical (unpaired) electrons. The maximum Gasteiger partial charge on any atom is 0.0606 e. The lowest BCUT2D eigenvalue weighted by Crippen LogP contribution is -2.46. The summed E-state index contributed by atoms with van der Waals surface area (Å²) in [4.78, 5) is 0. The first-order valence-corrected chi connectivity index (χ1v) is 62.1. The molecule has 0 spiro atoms. The summed E-state index contributed by atoms with van der Waals surface area (Å²) in [5, 5.41) is 0. The molecule has 0 aromatic rings. The third-order valence-electron chi connectivity index (χ3n) is 38.7. The summed E-state index contributed by atoms with van der Waals surface area (Å²) in [5.74, 6) is 8.10. The van der Waals surface area contributed by atoms with Crippen molar-refractivity contribution in [3.63, 3.8) is 0 Å². The van der Waals surface area contributed by atoms with Gasteiger partial charge in [-0.1, -0.05) is 297 Å². The van der Waals surface area contributed by atoms with Crippen LogP contribution < -0.4 is 0 Å². The van der Waals surface area contributed by atoms with Crippen LogP contribution in [-0.2, 0) is 85.3 Å². The van der Waals surface area contributed by atoms with Crippen molar-refractivity contribution in [2.24, 2.45) is 97.6 Å². The summed E-state index contributed by atoms with van der Waals surface area (Å²) in [6.45, 7) is 21.1. The molecule has 0 N–H and O–H groups in total. The minimum atomic E-state index is 0.0223. The second-order valence-electron chi connectivity index (χ2n) is 50.5. The van der Waals surface area contributed by atoms with E-state index in [4.69, 9.17) is 85.3 Å². The van der Waals surface area contributed by atoms with E-state index in [0.717, 1.165) is 137 Å². The lowest BCUT2D eigenvalue weighted by Gasteiger charge is -2.44. The van der Waals surface area contributed by atoms with Gasteiger partial charge in [0, 0.05) is 118 Å². The molecule has 13 fully saturated rings. The van der Waals surface area contributed by atoms with Gasteiger partial charge >= 0.3 is 0 Å². The van der Waals surface area contributed by atoms with Gasteiger partial charge in [-0.3, -0.25) is 0 Å². The van der Waals surface area contributed by atoms with Gasteiger partial charge in [0.2, 0.25) is 0 Å². The van der Waals surface area contributed by atoms with Gasteiger partial charge in [-0.05, 0) is 238 Å². The van der Waals surface area contributed by atoms with E-state index in [1.807, 2.05) is 85.3 Å². The summed E-state index contributed by atoms with van der Waals surface area (Å²) in [6.07, 6.45) is 96.6. The Kier molecular flexibility index (Phi) is 68.5. The quantitative estimate of drug-likeness (QED) is 0.0527. The summed E-state index contributed by atoms with van der Waals surface area (Å²) in [5.41, 5.74) is 0.260. The normalized spacial score (nSPS) is 25.4. The van der Waals surface area contributed by atoms with Gasteiger partial charge in [0.1, 0.15) is 0 Å². The van der Waals surface area contributed by atoms with Crippen LogP contribution in [0.15, 0.2) is 0 Å². The smallest absolute Gasteiger partial charge is 0.0606 e. The fourth-order valence-electron chi connectivity index (χ4n) is 30.2. The number of ether oxygens (including phenoxy) is 18. The molecule has 13 aliphatic carbocycles. The van der Waals surface area contributed by atoms with E-state index in [2.05, 4.69) is 20.8 Å². The molecule has 0 amide bonds. The van der Waals surface area contributed by atoms with Crippen LogP contribution in [0.5, 0.6) is 0 Å². The Morgan fingerprint density at radius 2 is 0.354 bits per heavy atom. The van der Waals surface area contributed by atoms with Crippen LogP contribution in [0.3, 0.4) is 0 Å². The Morgan fingerprint density at radius 3 is 0.535 bits per heavy atom. The first kappa shape index (κ1) is 128. The average Bonchev–Trinajstić information content (AvgIpc) is 1.68. The number of hydrogen-bond acceptors (Lipinski definition) is 18. The van der Waals surface area contributed by atoms with Crippen molar-refractivity contribution in [2.45, 2.75) is 507 Å².